The van der Waals surface area contributed by atoms with Gasteiger partial charge in [0, 0.05) is 5.25 Å². The van der Waals surface area contributed by atoms with Crippen LogP contribution in [0.25, 0.3) is 0 Å². The summed E-state index contributed by atoms with van der Waals surface area (Å²) in [6.07, 6.45) is 0. The fourth-order valence-electron chi connectivity index (χ4n) is 0.725. The second kappa shape index (κ2) is 3.61. The number of carboxylic acids is 1. The summed E-state index contributed by atoms with van der Waals surface area (Å²) in [4.78, 5) is 14.2. The van der Waals surface area contributed by atoms with Crippen LogP contribution in [0.2, 0.25) is 0 Å². The smallest absolute Gasteiger partial charge is 0.322 e. The highest BCUT2D eigenvalue weighted by Crippen LogP contribution is 2.17. The van der Waals surface area contributed by atoms with Crippen molar-refractivity contribution in [3.8, 4) is 0 Å². The summed E-state index contributed by atoms with van der Waals surface area (Å²) in [5.41, 5.74) is 0. The molecule has 0 saturated carbocycles. The third-order valence-electron chi connectivity index (χ3n) is 1.20. The van der Waals surface area contributed by atoms with Crippen molar-refractivity contribution < 1.29 is 9.90 Å². The SMILES string of the molecule is C[C@@H]1CN=C(NCC(=O)O)S1. The maximum Gasteiger partial charge on any atom is 0.322 e. The average Bonchev–Trinajstić information content (AvgIpc) is 2.31. The molecule has 0 bridgehead atoms. The van der Waals surface area contributed by atoms with Crippen molar-refractivity contribution in [1.82, 2.24) is 5.32 Å². The maximum atomic E-state index is 10.1. The third-order valence-corrected chi connectivity index (χ3v) is 2.24. The second-order valence-corrected chi connectivity index (χ2v) is 3.75. The van der Waals surface area contributed by atoms with Gasteiger partial charge in [0.1, 0.15) is 6.54 Å². The second-order valence-electron chi connectivity index (χ2n) is 2.32. The fraction of sp³-hybridized carbons (Fsp3) is 0.667. The Kier molecular flexibility index (Phi) is 2.76. The van der Waals surface area contributed by atoms with Crippen LogP contribution >= 0.6 is 11.8 Å². The molecule has 1 aliphatic rings. The lowest BCUT2D eigenvalue weighted by molar-refractivity contribution is -0.135. The predicted octanol–water partition coefficient (Wildman–Crippen LogP) is 0.152. The number of amidine groups is 1. The van der Waals surface area contributed by atoms with Crippen LogP contribution in [0, 0.1) is 0 Å². The van der Waals surface area contributed by atoms with Gasteiger partial charge >= 0.3 is 5.97 Å². The van der Waals surface area contributed by atoms with Gasteiger partial charge in [0.2, 0.25) is 0 Å². The molecule has 1 aliphatic heterocycles. The summed E-state index contributed by atoms with van der Waals surface area (Å²) in [5, 5.41) is 12.3. The first-order valence-corrected chi connectivity index (χ1v) is 4.23. The van der Waals surface area contributed by atoms with Gasteiger partial charge in [-0.1, -0.05) is 18.7 Å². The fourth-order valence-corrected chi connectivity index (χ4v) is 1.56. The van der Waals surface area contributed by atoms with Crippen molar-refractivity contribution >= 4 is 22.9 Å². The molecular formula is C6H10N2O2S. The number of rotatable bonds is 2. The summed E-state index contributed by atoms with van der Waals surface area (Å²) in [7, 11) is 0. The number of thioether (sulfide) groups is 1. The predicted molar refractivity (Wildman–Crippen MR) is 45.0 cm³/mol. The van der Waals surface area contributed by atoms with Crippen molar-refractivity contribution in [2.45, 2.75) is 12.2 Å². The molecular weight excluding hydrogens is 164 g/mol. The normalized spacial score (nSPS) is 23.0. The molecule has 2 N–H and O–H groups in total. The van der Waals surface area contributed by atoms with E-state index in [1.54, 1.807) is 11.8 Å². The molecule has 0 spiro atoms. The molecule has 1 atom stereocenters. The highest BCUT2D eigenvalue weighted by molar-refractivity contribution is 8.14. The molecule has 0 amide bonds. The quantitative estimate of drug-likeness (QED) is 0.625. The number of carbonyl (C=O) groups is 1. The zero-order valence-corrected chi connectivity index (χ0v) is 7.02. The van der Waals surface area contributed by atoms with Crippen molar-refractivity contribution in [2.75, 3.05) is 13.1 Å². The highest BCUT2D eigenvalue weighted by Gasteiger charge is 2.14. The van der Waals surface area contributed by atoms with Crippen molar-refractivity contribution in [2.24, 2.45) is 4.99 Å². The Labute approximate surface area is 69.1 Å². The van der Waals surface area contributed by atoms with Crippen LogP contribution in [0.1, 0.15) is 6.92 Å². The van der Waals surface area contributed by atoms with Crippen molar-refractivity contribution in [3.05, 3.63) is 0 Å². The molecule has 0 aromatic carbocycles. The first kappa shape index (κ1) is 8.39. The number of nitrogens with one attached hydrogen (secondary N) is 1. The molecule has 0 fully saturated rings. The van der Waals surface area contributed by atoms with Gasteiger partial charge in [-0.25, -0.2) is 0 Å². The van der Waals surface area contributed by atoms with E-state index in [0.717, 1.165) is 11.7 Å². The molecule has 0 radical (unpaired) electrons. The minimum atomic E-state index is -0.854. The van der Waals surface area contributed by atoms with Crippen LogP contribution in [0.5, 0.6) is 0 Å². The maximum absolute atomic E-state index is 10.1. The van der Waals surface area contributed by atoms with E-state index >= 15 is 0 Å². The van der Waals surface area contributed by atoms with Gasteiger partial charge in [0.05, 0.1) is 6.54 Å². The number of hydrogen-bond acceptors (Lipinski definition) is 4. The van der Waals surface area contributed by atoms with E-state index in [0.29, 0.717) is 5.25 Å². The van der Waals surface area contributed by atoms with E-state index in [4.69, 9.17) is 5.11 Å². The molecule has 0 aliphatic carbocycles. The highest BCUT2D eigenvalue weighted by atomic mass is 32.2. The minimum absolute atomic E-state index is 0.0431. The molecule has 4 nitrogen and oxygen atoms in total. The van der Waals surface area contributed by atoms with Crippen molar-refractivity contribution in [1.29, 1.82) is 0 Å². The first-order valence-electron chi connectivity index (χ1n) is 3.35. The lowest BCUT2D eigenvalue weighted by atomic mass is 10.5. The minimum Gasteiger partial charge on any atom is -0.480 e. The van der Waals surface area contributed by atoms with E-state index in [2.05, 4.69) is 17.2 Å². The van der Waals surface area contributed by atoms with E-state index in [9.17, 15) is 4.79 Å². The molecule has 1 rings (SSSR count). The first-order chi connectivity index (χ1) is 5.18. The van der Waals surface area contributed by atoms with Gasteiger partial charge in [-0.3, -0.25) is 9.79 Å². The Bertz CT molecular complexity index is 193. The average molecular weight is 174 g/mol. The van der Waals surface area contributed by atoms with Gasteiger partial charge in [-0.2, -0.15) is 0 Å². The number of aliphatic carboxylic acids is 1. The Morgan fingerprint density at radius 1 is 2.00 bits per heavy atom. The van der Waals surface area contributed by atoms with Crippen LogP contribution in [0.3, 0.4) is 0 Å². The Hall–Kier alpha value is -0.710. The van der Waals surface area contributed by atoms with Crippen LogP contribution in [-0.4, -0.2) is 34.6 Å². The molecule has 62 valence electrons. The molecule has 0 saturated heterocycles. The zero-order chi connectivity index (χ0) is 8.27. The largest absolute Gasteiger partial charge is 0.480 e. The number of carboxylic acid groups (broad SMARTS) is 1. The molecule has 0 aromatic rings. The summed E-state index contributed by atoms with van der Waals surface area (Å²) >= 11 is 1.58. The van der Waals surface area contributed by atoms with E-state index < -0.39 is 5.97 Å². The van der Waals surface area contributed by atoms with Gasteiger partial charge in [0.25, 0.3) is 0 Å². The standard InChI is InChI=1S/C6H10N2O2S/c1-4-2-7-6(11-4)8-3-5(9)10/h4H,2-3H2,1H3,(H,7,8)(H,9,10)/t4-/m1/s1. The topological polar surface area (TPSA) is 61.7 Å². The Morgan fingerprint density at radius 3 is 3.18 bits per heavy atom. The molecule has 1 heterocycles. The summed E-state index contributed by atoms with van der Waals surface area (Å²) in [6, 6.07) is 0. The van der Waals surface area contributed by atoms with E-state index in [-0.39, 0.29) is 6.54 Å². The zero-order valence-electron chi connectivity index (χ0n) is 6.20. The molecule has 11 heavy (non-hydrogen) atoms. The number of aliphatic imine (C=N–C) groups is 1. The van der Waals surface area contributed by atoms with Gasteiger partial charge < -0.3 is 10.4 Å². The summed E-state index contributed by atoms with van der Waals surface area (Å²) in [5.74, 6) is -0.854. The monoisotopic (exact) mass is 174 g/mol. The lowest BCUT2D eigenvalue weighted by Gasteiger charge is -2.01. The van der Waals surface area contributed by atoms with Crippen LogP contribution in [-0.2, 0) is 4.79 Å². The molecule has 5 heteroatoms. The van der Waals surface area contributed by atoms with Crippen LogP contribution < -0.4 is 5.32 Å². The van der Waals surface area contributed by atoms with Crippen LogP contribution in [0.4, 0.5) is 0 Å². The Morgan fingerprint density at radius 2 is 2.73 bits per heavy atom. The lowest BCUT2D eigenvalue weighted by Crippen LogP contribution is -2.26. The third kappa shape index (κ3) is 2.80. The van der Waals surface area contributed by atoms with Crippen molar-refractivity contribution in [3.63, 3.8) is 0 Å². The van der Waals surface area contributed by atoms with E-state index in [1.165, 1.54) is 0 Å². The Balaban J connectivity index is 2.23. The van der Waals surface area contributed by atoms with Gasteiger partial charge in [0.15, 0.2) is 5.17 Å². The van der Waals surface area contributed by atoms with E-state index in [1.807, 2.05) is 0 Å². The van der Waals surface area contributed by atoms with Gasteiger partial charge in [-0.15, -0.1) is 0 Å². The number of nitrogens with zero attached hydrogens (tertiary/aromatic N) is 1. The van der Waals surface area contributed by atoms with Crippen LogP contribution in [0.15, 0.2) is 4.99 Å². The summed E-state index contributed by atoms with van der Waals surface area (Å²) in [6.45, 7) is 2.80. The summed E-state index contributed by atoms with van der Waals surface area (Å²) < 4.78 is 0. The number of hydrogen-bond donors (Lipinski definition) is 2. The molecule has 0 aromatic heterocycles. The molecule has 0 unspecified atom stereocenters. The van der Waals surface area contributed by atoms with Gasteiger partial charge in [-0.05, 0) is 0 Å².